The monoisotopic (exact) mass is 182 g/mol. The summed E-state index contributed by atoms with van der Waals surface area (Å²) in [5.74, 6) is -0.429. The number of phenols is 1. The molecule has 0 spiro atoms. The summed E-state index contributed by atoms with van der Waals surface area (Å²) in [5, 5.41) is 11.7. The van der Waals surface area contributed by atoms with Gasteiger partial charge in [0.25, 0.3) is 5.91 Å². The van der Waals surface area contributed by atoms with E-state index < -0.39 is 0 Å². The fraction of sp³-hybridized carbons (Fsp3) is 0.222. The molecule has 0 radical (unpaired) electrons. The number of nitrogen functional groups attached to an aromatic ring is 1. The first-order chi connectivity index (χ1) is 5.65. The molecule has 0 saturated carbocycles. The van der Waals surface area contributed by atoms with Crippen LogP contribution in [0.1, 0.15) is 17.8 Å². The molecule has 0 fully saturated rings. The topological polar surface area (TPSA) is 75.4 Å². The van der Waals surface area contributed by atoms with Gasteiger partial charge in [0.1, 0.15) is 5.75 Å². The summed E-state index contributed by atoms with van der Waals surface area (Å²) >= 11 is 0. The number of phenolic OH excluding ortho intramolecular Hbond substituents is 1. The Bertz CT molecular complexity index is 310. The van der Waals surface area contributed by atoms with E-state index in [1.165, 1.54) is 19.2 Å². The van der Waals surface area contributed by atoms with E-state index in [4.69, 9.17) is 5.73 Å². The average molecular weight is 182 g/mol. The molecule has 13 heavy (non-hydrogen) atoms. The lowest BCUT2D eigenvalue weighted by molar-refractivity contribution is 0.0960. The number of nitrogens with one attached hydrogen (secondary N) is 1. The highest BCUT2D eigenvalue weighted by atomic mass is 16.3. The number of aromatic hydroxyl groups is 1. The third-order valence-electron chi connectivity index (χ3n) is 1.49. The predicted molar refractivity (Wildman–Crippen MR) is 52.6 cm³/mol. The van der Waals surface area contributed by atoms with Crippen LogP contribution >= 0.6 is 0 Å². The van der Waals surface area contributed by atoms with Crippen molar-refractivity contribution in [2.24, 2.45) is 0 Å². The molecule has 1 rings (SSSR count). The molecule has 1 aromatic rings. The minimum atomic E-state index is -0.326. The molecule has 0 atom stereocenters. The van der Waals surface area contributed by atoms with Gasteiger partial charge in [-0.25, -0.2) is 0 Å². The molecule has 72 valence electrons. The van der Waals surface area contributed by atoms with Crippen molar-refractivity contribution in [2.75, 3.05) is 12.8 Å². The first kappa shape index (κ1) is 11.3. The van der Waals surface area contributed by atoms with Crippen molar-refractivity contribution in [1.82, 2.24) is 5.32 Å². The summed E-state index contributed by atoms with van der Waals surface area (Å²) < 4.78 is 0. The number of hydrogen-bond donors (Lipinski definition) is 3. The Morgan fingerprint density at radius 1 is 1.54 bits per heavy atom. The number of carbonyl (C=O) groups is 1. The largest absolute Gasteiger partial charge is 0.507 e. The number of anilines is 1. The molecule has 1 aromatic carbocycles. The molecule has 4 N–H and O–H groups in total. The molecule has 0 aromatic heterocycles. The van der Waals surface area contributed by atoms with Gasteiger partial charge in [-0.15, -0.1) is 0 Å². The van der Waals surface area contributed by atoms with Gasteiger partial charge in [-0.1, -0.05) is 7.43 Å². The van der Waals surface area contributed by atoms with Gasteiger partial charge in [-0.05, 0) is 12.1 Å². The van der Waals surface area contributed by atoms with Gasteiger partial charge < -0.3 is 16.2 Å². The number of rotatable bonds is 1. The Kier molecular flexibility index (Phi) is 3.78. The minimum Gasteiger partial charge on any atom is -0.507 e. The number of amides is 1. The highest BCUT2D eigenvalue weighted by molar-refractivity contribution is 5.97. The van der Waals surface area contributed by atoms with Crippen LogP contribution in [0.25, 0.3) is 0 Å². The van der Waals surface area contributed by atoms with Gasteiger partial charge >= 0.3 is 0 Å². The third kappa shape index (κ3) is 2.37. The van der Waals surface area contributed by atoms with Crippen molar-refractivity contribution in [2.45, 2.75) is 7.43 Å². The zero-order valence-electron chi connectivity index (χ0n) is 6.66. The van der Waals surface area contributed by atoms with E-state index in [2.05, 4.69) is 5.32 Å². The predicted octanol–water partition coefficient (Wildman–Crippen LogP) is 0.970. The molecular formula is C9H14N2O2. The molecule has 4 nitrogen and oxygen atoms in total. The van der Waals surface area contributed by atoms with E-state index in [0.717, 1.165) is 0 Å². The lowest BCUT2D eigenvalue weighted by atomic mass is 10.1. The number of carbonyl (C=O) groups excluding carboxylic acids is 1. The summed E-state index contributed by atoms with van der Waals surface area (Å²) in [7, 11) is 1.50. The van der Waals surface area contributed by atoms with Crippen LogP contribution in [0.15, 0.2) is 18.2 Å². The van der Waals surface area contributed by atoms with E-state index in [1.807, 2.05) is 0 Å². The zero-order valence-corrected chi connectivity index (χ0v) is 6.66. The maximum atomic E-state index is 11.0. The van der Waals surface area contributed by atoms with Gasteiger partial charge in [0.05, 0.1) is 5.56 Å². The van der Waals surface area contributed by atoms with Crippen LogP contribution < -0.4 is 11.1 Å². The van der Waals surface area contributed by atoms with Crippen molar-refractivity contribution in [1.29, 1.82) is 0 Å². The normalized spacial score (nSPS) is 8.69. The van der Waals surface area contributed by atoms with E-state index in [-0.39, 0.29) is 24.6 Å². The van der Waals surface area contributed by atoms with E-state index in [0.29, 0.717) is 5.69 Å². The summed E-state index contributed by atoms with van der Waals surface area (Å²) in [5.41, 5.74) is 6.04. The lowest BCUT2D eigenvalue weighted by Gasteiger charge is -2.02. The van der Waals surface area contributed by atoms with Crippen molar-refractivity contribution >= 4 is 11.6 Å². The maximum absolute atomic E-state index is 11.0. The maximum Gasteiger partial charge on any atom is 0.254 e. The van der Waals surface area contributed by atoms with Crippen LogP contribution in [-0.4, -0.2) is 18.1 Å². The molecule has 1 amide bonds. The van der Waals surface area contributed by atoms with E-state index >= 15 is 0 Å². The number of nitrogens with two attached hydrogens (primary N) is 1. The summed E-state index contributed by atoms with van der Waals surface area (Å²) in [6.45, 7) is 0. The van der Waals surface area contributed by atoms with Crippen molar-refractivity contribution in [3.63, 3.8) is 0 Å². The number of benzene rings is 1. The Labute approximate surface area is 77.4 Å². The fourth-order valence-electron chi connectivity index (χ4n) is 0.875. The first-order valence-electron chi connectivity index (χ1n) is 3.45. The van der Waals surface area contributed by atoms with Crippen LogP contribution in [-0.2, 0) is 0 Å². The third-order valence-corrected chi connectivity index (χ3v) is 1.49. The second-order valence-electron chi connectivity index (χ2n) is 2.36. The standard InChI is InChI=1S/C8H10N2O2.CH4/c1-10-8(12)6-3-2-5(9)4-7(6)11;/h2-4,11H,9H2,1H3,(H,10,12);1H4. The van der Waals surface area contributed by atoms with Crippen molar-refractivity contribution in [3.05, 3.63) is 23.8 Å². The van der Waals surface area contributed by atoms with Gasteiger partial charge in [-0.2, -0.15) is 0 Å². The van der Waals surface area contributed by atoms with E-state index in [9.17, 15) is 9.90 Å². The van der Waals surface area contributed by atoms with Crippen LogP contribution in [0.5, 0.6) is 5.75 Å². The summed E-state index contributed by atoms with van der Waals surface area (Å²) in [6, 6.07) is 4.37. The second kappa shape index (κ2) is 4.35. The Balaban J connectivity index is 0.00000144. The molecule has 0 aliphatic carbocycles. The minimum absolute atomic E-state index is 0. The Hall–Kier alpha value is -1.71. The zero-order chi connectivity index (χ0) is 9.14. The summed E-state index contributed by atoms with van der Waals surface area (Å²) in [4.78, 5) is 11.0. The van der Waals surface area contributed by atoms with Gasteiger partial charge in [0, 0.05) is 18.8 Å². The molecule has 0 aliphatic rings. The highest BCUT2D eigenvalue weighted by Crippen LogP contribution is 2.19. The summed E-state index contributed by atoms with van der Waals surface area (Å²) in [6.07, 6.45) is 0. The molecule has 4 heteroatoms. The van der Waals surface area contributed by atoms with Gasteiger partial charge in [0.15, 0.2) is 0 Å². The Morgan fingerprint density at radius 2 is 2.15 bits per heavy atom. The highest BCUT2D eigenvalue weighted by Gasteiger charge is 2.07. The van der Waals surface area contributed by atoms with Crippen molar-refractivity contribution < 1.29 is 9.90 Å². The second-order valence-corrected chi connectivity index (χ2v) is 2.36. The van der Waals surface area contributed by atoms with Crippen LogP contribution in [0.4, 0.5) is 5.69 Å². The van der Waals surface area contributed by atoms with E-state index in [1.54, 1.807) is 6.07 Å². The first-order valence-corrected chi connectivity index (χ1v) is 3.45. The lowest BCUT2D eigenvalue weighted by Crippen LogP contribution is -2.17. The van der Waals surface area contributed by atoms with Crippen molar-refractivity contribution in [3.8, 4) is 5.75 Å². The molecule has 0 aliphatic heterocycles. The fourth-order valence-corrected chi connectivity index (χ4v) is 0.875. The Morgan fingerprint density at radius 3 is 2.62 bits per heavy atom. The molecule has 0 bridgehead atoms. The van der Waals surface area contributed by atoms with Crippen LogP contribution in [0.3, 0.4) is 0 Å². The molecule has 0 unspecified atom stereocenters. The quantitative estimate of drug-likeness (QED) is 0.566. The SMILES string of the molecule is C.CNC(=O)c1ccc(N)cc1O. The van der Waals surface area contributed by atoms with Crippen LogP contribution in [0, 0.1) is 0 Å². The molecule has 0 heterocycles. The molecule has 0 saturated heterocycles. The molecular weight excluding hydrogens is 168 g/mol. The smallest absolute Gasteiger partial charge is 0.254 e. The average Bonchev–Trinajstić information content (AvgIpc) is 2.03. The van der Waals surface area contributed by atoms with Gasteiger partial charge in [-0.3, -0.25) is 4.79 Å². The van der Waals surface area contributed by atoms with Crippen LogP contribution in [0.2, 0.25) is 0 Å². The number of hydrogen-bond acceptors (Lipinski definition) is 3. The van der Waals surface area contributed by atoms with Gasteiger partial charge in [0.2, 0.25) is 0 Å².